The summed E-state index contributed by atoms with van der Waals surface area (Å²) in [6, 6.07) is -0.436. The molecule has 2 N–H and O–H groups in total. The normalized spacial score (nSPS) is 26.6. The Morgan fingerprint density at radius 3 is 1.87 bits per heavy atom. The Kier molecular flexibility index (Phi) is 7.06. The van der Waals surface area contributed by atoms with E-state index in [4.69, 9.17) is 5.11 Å². The Bertz CT molecular complexity index is 639. The molecule has 2 saturated heterocycles. The maximum atomic E-state index is 13.7. The lowest BCUT2D eigenvalue weighted by Crippen LogP contribution is -2.65. The zero-order chi connectivity index (χ0) is 23.1. The first kappa shape index (κ1) is 24.8. The lowest BCUT2D eigenvalue weighted by atomic mass is 9.70. The van der Waals surface area contributed by atoms with Gasteiger partial charge in [0.05, 0.1) is 0 Å². The molecule has 3 atom stereocenters. The molecule has 6 nitrogen and oxygen atoms in total. The number of carboxylic acid groups (broad SMARTS) is 1. The molecule has 0 spiro atoms. The van der Waals surface area contributed by atoms with E-state index in [9.17, 15) is 27.9 Å². The van der Waals surface area contributed by atoms with Crippen molar-refractivity contribution in [3.63, 3.8) is 0 Å². The third kappa shape index (κ3) is 4.70. The molecule has 2 heterocycles. The summed E-state index contributed by atoms with van der Waals surface area (Å²) in [5.74, 6) is -2.06. The summed E-state index contributed by atoms with van der Waals surface area (Å²) in [7, 11) is 0. The second-order valence-electron chi connectivity index (χ2n) is 10.2. The van der Waals surface area contributed by atoms with Crippen molar-refractivity contribution >= 4 is 12.0 Å². The smallest absolute Gasteiger partial charge is 0.426 e. The van der Waals surface area contributed by atoms with Crippen molar-refractivity contribution in [1.82, 2.24) is 9.80 Å². The van der Waals surface area contributed by atoms with Gasteiger partial charge in [-0.3, -0.25) is 4.79 Å². The molecule has 0 radical (unpaired) electrons. The van der Waals surface area contributed by atoms with Crippen molar-refractivity contribution in [3.05, 3.63) is 0 Å². The van der Waals surface area contributed by atoms with Gasteiger partial charge in [-0.25, -0.2) is 4.79 Å². The summed E-state index contributed by atoms with van der Waals surface area (Å²) in [5.41, 5.74) is -3.87. The Morgan fingerprint density at radius 2 is 1.47 bits per heavy atom. The first-order valence-electron chi connectivity index (χ1n) is 10.7. The summed E-state index contributed by atoms with van der Waals surface area (Å²) in [6.45, 7) is 9.19. The predicted octanol–water partition coefficient (Wildman–Crippen LogP) is 3.98. The number of nitrogens with zero attached hydrogens (tertiary/aromatic N) is 2. The van der Waals surface area contributed by atoms with Crippen LogP contribution in [0.4, 0.5) is 18.0 Å². The molecule has 30 heavy (non-hydrogen) atoms. The first-order valence-corrected chi connectivity index (χ1v) is 10.7. The zero-order valence-electron chi connectivity index (χ0n) is 18.5. The van der Waals surface area contributed by atoms with Crippen molar-refractivity contribution in [1.29, 1.82) is 0 Å². The van der Waals surface area contributed by atoms with Crippen LogP contribution in [0.25, 0.3) is 0 Å². The molecule has 0 aromatic heterocycles. The Balaban J connectivity index is 2.22. The molecule has 2 rings (SSSR count). The maximum Gasteiger partial charge on any atom is 0.426 e. The van der Waals surface area contributed by atoms with Crippen molar-refractivity contribution < 1.29 is 33.0 Å². The van der Waals surface area contributed by atoms with Gasteiger partial charge >= 0.3 is 12.3 Å². The minimum atomic E-state index is -5.05. The molecule has 0 aromatic rings. The molecule has 0 bridgehead atoms. The molecule has 0 aromatic carbocycles. The average Bonchev–Trinajstić information content (AvgIpc) is 2.64. The van der Waals surface area contributed by atoms with Crippen LogP contribution in [-0.2, 0) is 4.79 Å². The van der Waals surface area contributed by atoms with Crippen LogP contribution in [-0.4, -0.2) is 69.5 Å². The number of carbonyl (C=O) groups is 2. The van der Waals surface area contributed by atoms with Crippen LogP contribution in [0.15, 0.2) is 0 Å². The van der Waals surface area contributed by atoms with E-state index in [1.54, 1.807) is 0 Å². The highest BCUT2D eigenvalue weighted by atomic mass is 19.4. The quantitative estimate of drug-likeness (QED) is 0.701. The molecular weight excluding hydrogens is 401 g/mol. The van der Waals surface area contributed by atoms with E-state index < -0.39 is 41.2 Å². The monoisotopic (exact) mass is 436 g/mol. The van der Waals surface area contributed by atoms with Gasteiger partial charge in [-0.15, -0.1) is 0 Å². The lowest BCUT2D eigenvalue weighted by molar-refractivity contribution is -0.271. The van der Waals surface area contributed by atoms with Gasteiger partial charge in [0.1, 0.15) is 0 Å². The van der Waals surface area contributed by atoms with E-state index in [2.05, 4.69) is 0 Å². The van der Waals surface area contributed by atoms with Crippen LogP contribution in [0.3, 0.4) is 0 Å². The highest BCUT2D eigenvalue weighted by molar-refractivity contribution is 5.86. The van der Waals surface area contributed by atoms with Gasteiger partial charge in [0.15, 0.2) is 0 Å². The minimum absolute atomic E-state index is 0.162. The van der Waals surface area contributed by atoms with Crippen LogP contribution in [0.1, 0.15) is 60.3 Å². The van der Waals surface area contributed by atoms with E-state index in [0.717, 1.165) is 12.8 Å². The predicted molar refractivity (Wildman–Crippen MR) is 106 cm³/mol. The van der Waals surface area contributed by atoms with Crippen molar-refractivity contribution in [2.45, 2.75) is 78.1 Å². The maximum absolute atomic E-state index is 13.7. The summed E-state index contributed by atoms with van der Waals surface area (Å²) in [5, 5.41) is 19.6. The van der Waals surface area contributed by atoms with E-state index >= 15 is 0 Å². The van der Waals surface area contributed by atoms with Crippen LogP contribution < -0.4 is 0 Å². The van der Waals surface area contributed by atoms with E-state index in [1.807, 2.05) is 20.8 Å². The van der Waals surface area contributed by atoms with Gasteiger partial charge in [0.25, 0.3) is 5.91 Å². The molecule has 2 amide bonds. The van der Waals surface area contributed by atoms with Gasteiger partial charge in [0.2, 0.25) is 5.60 Å². The van der Waals surface area contributed by atoms with Crippen molar-refractivity contribution in [2.24, 2.45) is 23.2 Å². The van der Waals surface area contributed by atoms with Crippen LogP contribution >= 0.6 is 0 Å². The molecule has 174 valence electrons. The van der Waals surface area contributed by atoms with Crippen LogP contribution in [0.2, 0.25) is 0 Å². The number of rotatable bonds is 3. The van der Waals surface area contributed by atoms with Gasteiger partial charge in [-0.05, 0) is 42.9 Å². The number of likely N-dealkylation sites (tertiary alicyclic amines) is 2. The third-order valence-electron chi connectivity index (χ3n) is 6.97. The topological polar surface area (TPSA) is 81.1 Å². The third-order valence-corrected chi connectivity index (χ3v) is 6.97. The van der Waals surface area contributed by atoms with E-state index in [1.165, 1.54) is 23.6 Å². The number of hydrogen-bond donors (Lipinski definition) is 2. The van der Waals surface area contributed by atoms with Gasteiger partial charge < -0.3 is 20.0 Å². The standard InChI is InChI=1S/C21H35F3N2O4/c1-13(2)20(30,21(22,23)24)17(27)26-11-8-15(12-16(26)19(3,4)5)14-6-9-25(10-7-14)18(28)29/h13-16,30H,6-12H2,1-5H3,(H,28,29). The second kappa shape index (κ2) is 8.55. The molecule has 0 aliphatic carbocycles. The van der Waals surface area contributed by atoms with Crippen LogP contribution in [0.5, 0.6) is 0 Å². The number of alkyl halides is 3. The zero-order valence-corrected chi connectivity index (χ0v) is 18.5. The molecular formula is C21H35F3N2O4. The molecule has 2 aliphatic heterocycles. The number of aliphatic hydroxyl groups is 1. The fraction of sp³-hybridized carbons (Fsp3) is 0.905. The summed E-state index contributed by atoms with van der Waals surface area (Å²) < 4.78 is 41.1. The molecule has 2 aliphatic rings. The van der Waals surface area contributed by atoms with E-state index in [0.29, 0.717) is 25.9 Å². The first-order chi connectivity index (χ1) is 13.6. The molecule has 3 unspecified atom stereocenters. The largest absolute Gasteiger partial charge is 0.465 e. The van der Waals surface area contributed by atoms with Gasteiger partial charge in [0, 0.05) is 31.6 Å². The highest BCUT2D eigenvalue weighted by Crippen LogP contribution is 2.44. The highest BCUT2D eigenvalue weighted by Gasteiger charge is 2.63. The average molecular weight is 437 g/mol. The van der Waals surface area contributed by atoms with Gasteiger partial charge in [-0.2, -0.15) is 13.2 Å². The minimum Gasteiger partial charge on any atom is -0.465 e. The molecule has 0 saturated carbocycles. The second-order valence-corrected chi connectivity index (χ2v) is 10.2. The SMILES string of the molecule is CC(C)C(O)(C(=O)N1CCC(C2CCN(C(=O)O)CC2)CC1C(C)(C)C)C(F)(F)F. The summed E-state index contributed by atoms with van der Waals surface area (Å²) >= 11 is 0. The lowest BCUT2D eigenvalue weighted by Gasteiger charge is -2.50. The number of piperidine rings is 2. The summed E-state index contributed by atoms with van der Waals surface area (Å²) in [4.78, 5) is 26.8. The number of amides is 2. The molecule has 2 fully saturated rings. The summed E-state index contributed by atoms with van der Waals surface area (Å²) in [6.07, 6.45) is -3.43. The van der Waals surface area contributed by atoms with Gasteiger partial charge in [-0.1, -0.05) is 34.6 Å². The number of carbonyl (C=O) groups excluding carboxylic acids is 1. The molecule has 9 heteroatoms. The number of hydrogen-bond acceptors (Lipinski definition) is 3. The van der Waals surface area contributed by atoms with Crippen molar-refractivity contribution in [2.75, 3.05) is 19.6 Å². The van der Waals surface area contributed by atoms with Crippen molar-refractivity contribution in [3.8, 4) is 0 Å². The Labute approximate surface area is 176 Å². The Morgan fingerprint density at radius 1 is 0.967 bits per heavy atom. The Hall–Kier alpha value is -1.51. The van der Waals surface area contributed by atoms with E-state index in [-0.39, 0.29) is 18.4 Å². The fourth-order valence-electron chi connectivity index (χ4n) is 4.96. The number of halogens is 3. The fourth-order valence-corrected chi connectivity index (χ4v) is 4.96. The van der Waals surface area contributed by atoms with Crippen LogP contribution in [0, 0.1) is 23.2 Å².